The van der Waals surface area contributed by atoms with E-state index in [4.69, 9.17) is 11.0 Å². The monoisotopic (exact) mass is 191 g/mol. The van der Waals surface area contributed by atoms with Crippen LogP contribution < -0.4 is 11.1 Å². The summed E-state index contributed by atoms with van der Waals surface area (Å²) in [6.07, 6.45) is 0.929. The first-order valence-corrected chi connectivity index (χ1v) is 4.50. The van der Waals surface area contributed by atoms with Crippen LogP contribution in [0.4, 0.5) is 5.82 Å². The number of nitriles is 1. The predicted molar refractivity (Wildman–Crippen MR) is 53.5 cm³/mol. The Hall–Kier alpha value is -1.67. The molecular formula is C9H13N5. The molecule has 0 amide bonds. The fraction of sp³-hybridized carbons (Fsp3) is 0.444. The molecule has 1 aromatic heterocycles. The van der Waals surface area contributed by atoms with Gasteiger partial charge in [-0.1, -0.05) is 6.92 Å². The first-order valence-electron chi connectivity index (χ1n) is 4.50. The number of hydrogen-bond donors (Lipinski definition) is 2. The number of hydrogen-bond acceptors (Lipinski definition) is 5. The van der Waals surface area contributed by atoms with Crippen molar-refractivity contribution in [1.29, 1.82) is 5.26 Å². The van der Waals surface area contributed by atoms with Crippen LogP contribution in [0.15, 0.2) is 12.1 Å². The van der Waals surface area contributed by atoms with Crippen molar-refractivity contribution in [3.8, 4) is 6.07 Å². The summed E-state index contributed by atoms with van der Waals surface area (Å²) in [7, 11) is 0. The molecule has 1 atom stereocenters. The number of nitrogens with one attached hydrogen (secondary N) is 1. The average Bonchev–Trinajstić information content (AvgIpc) is 2.26. The maximum atomic E-state index is 8.51. The van der Waals surface area contributed by atoms with Crippen molar-refractivity contribution in [2.75, 3.05) is 11.9 Å². The lowest BCUT2D eigenvalue weighted by Gasteiger charge is -2.14. The van der Waals surface area contributed by atoms with Crippen LogP contribution in [-0.2, 0) is 0 Å². The zero-order valence-corrected chi connectivity index (χ0v) is 8.07. The molecule has 0 saturated carbocycles. The van der Waals surface area contributed by atoms with Crippen LogP contribution in [0.2, 0.25) is 0 Å². The molecule has 1 heterocycles. The van der Waals surface area contributed by atoms with Gasteiger partial charge in [-0.2, -0.15) is 5.26 Å². The molecule has 14 heavy (non-hydrogen) atoms. The largest absolute Gasteiger partial charge is 0.365 e. The van der Waals surface area contributed by atoms with Gasteiger partial charge in [0, 0.05) is 12.6 Å². The summed E-state index contributed by atoms with van der Waals surface area (Å²) in [5, 5.41) is 19.2. The van der Waals surface area contributed by atoms with E-state index in [9.17, 15) is 0 Å². The molecule has 0 bridgehead atoms. The third-order valence-corrected chi connectivity index (χ3v) is 1.91. The zero-order valence-electron chi connectivity index (χ0n) is 8.07. The molecule has 0 spiro atoms. The Balaban J connectivity index is 2.64. The minimum Gasteiger partial charge on any atom is -0.365 e. The van der Waals surface area contributed by atoms with Crippen molar-refractivity contribution in [3.63, 3.8) is 0 Å². The molecule has 1 aromatic rings. The maximum absolute atomic E-state index is 8.51. The lowest BCUT2D eigenvalue weighted by Crippen LogP contribution is -2.28. The smallest absolute Gasteiger partial charge is 0.163 e. The Kier molecular flexibility index (Phi) is 3.83. The molecule has 0 fully saturated rings. The standard InChI is InChI=1S/C9H13N5/c1-2-7(5-10)12-9-4-3-8(6-11)13-14-9/h3-4,7H,2,5,10H2,1H3,(H,12,14). The maximum Gasteiger partial charge on any atom is 0.163 e. The van der Waals surface area contributed by atoms with E-state index in [1.54, 1.807) is 12.1 Å². The molecule has 0 aromatic carbocycles. The molecule has 0 aliphatic rings. The molecule has 0 aliphatic carbocycles. The number of aromatic nitrogens is 2. The molecule has 5 heteroatoms. The number of rotatable bonds is 4. The Labute approximate surface area is 82.9 Å². The van der Waals surface area contributed by atoms with Crippen LogP contribution in [0.3, 0.4) is 0 Å². The molecule has 1 unspecified atom stereocenters. The lowest BCUT2D eigenvalue weighted by molar-refractivity contribution is 0.697. The molecule has 1 rings (SSSR count). The van der Waals surface area contributed by atoms with Gasteiger partial charge in [0.1, 0.15) is 11.9 Å². The summed E-state index contributed by atoms with van der Waals surface area (Å²) in [5.41, 5.74) is 5.84. The highest BCUT2D eigenvalue weighted by Crippen LogP contribution is 2.04. The van der Waals surface area contributed by atoms with Crippen LogP contribution in [0.25, 0.3) is 0 Å². The van der Waals surface area contributed by atoms with Crippen LogP contribution in [-0.4, -0.2) is 22.8 Å². The fourth-order valence-electron chi connectivity index (χ4n) is 1.01. The molecular weight excluding hydrogens is 178 g/mol. The van der Waals surface area contributed by atoms with Gasteiger partial charge in [0.15, 0.2) is 5.69 Å². The minimum atomic E-state index is 0.206. The topological polar surface area (TPSA) is 87.6 Å². The van der Waals surface area contributed by atoms with Gasteiger partial charge in [-0.25, -0.2) is 0 Å². The third-order valence-electron chi connectivity index (χ3n) is 1.91. The highest BCUT2D eigenvalue weighted by atomic mass is 15.2. The summed E-state index contributed by atoms with van der Waals surface area (Å²) in [6.45, 7) is 2.60. The highest BCUT2D eigenvalue weighted by molar-refractivity contribution is 5.36. The van der Waals surface area contributed by atoms with E-state index >= 15 is 0 Å². The second-order valence-electron chi connectivity index (χ2n) is 2.90. The molecule has 74 valence electrons. The molecule has 3 N–H and O–H groups in total. The zero-order chi connectivity index (χ0) is 10.4. The van der Waals surface area contributed by atoms with E-state index in [1.807, 2.05) is 13.0 Å². The minimum absolute atomic E-state index is 0.206. The lowest BCUT2D eigenvalue weighted by atomic mass is 10.2. The highest BCUT2D eigenvalue weighted by Gasteiger charge is 2.04. The van der Waals surface area contributed by atoms with Crippen molar-refractivity contribution < 1.29 is 0 Å². The second-order valence-corrected chi connectivity index (χ2v) is 2.90. The Morgan fingerprint density at radius 3 is 2.79 bits per heavy atom. The summed E-state index contributed by atoms with van der Waals surface area (Å²) in [6, 6.07) is 5.46. The SMILES string of the molecule is CCC(CN)Nc1ccc(C#N)nn1. The first kappa shape index (κ1) is 10.4. The normalized spacial score (nSPS) is 11.8. The molecule has 0 radical (unpaired) electrons. The van der Waals surface area contributed by atoms with Gasteiger partial charge in [-0.15, -0.1) is 10.2 Å². The Morgan fingerprint density at radius 1 is 1.57 bits per heavy atom. The molecule has 0 saturated heterocycles. The quantitative estimate of drug-likeness (QED) is 0.723. The Bertz CT molecular complexity index is 309. The van der Waals surface area contributed by atoms with Crippen molar-refractivity contribution in [2.45, 2.75) is 19.4 Å². The van der Waals surface area contributed by atoms with Crippen LogP contribution in [0.1, 0.15) is 19.0 Å². The van der Waals surface area contributed by atoms with Crippen molar-refractivity contribution >= 4 is 5.82 Å². The summed E-state index contributed by atoms with van der Waals surface area (Å²) in [4.78, 5) is 0. The van der Waals surface area contributed by atoms with Gasteiger partial charge < -0.3 is 11.1 Å². The van der Waals surface area contributed by atoms with Crippen molar-refractivity contribution in [1.82, 2.24) is 10.2 Å². The van der Waals surface area contributed by atoms with E-state index in [0.717, 1.165) is 6.42 Å². The number of nitrogens with two attached hydrogens (primary N) is 1. The van der Waals surface area contributed by atoms with E-state index in [1.165, 1.54) is 0 Å². The number of anilines is 1. The second kappa shape index (κ2) is 5.14. The van der Waals surface area contributed by atoms with E-state index in [2.05, 4.69) is 15.5 Å². The Morgan fingerprint density at radius 2 is 2.36 bits per heavy atom. The van der Waals surface area contributed by atoms with Gasteiger partial charge in [0.2, 0.25) is 0 Å². The average molecular weight is 191 g/mol. The van der Waals surface area contributed by atoms with Gasteiger partial charge in [0.05, 0.1) is 0 Å². The van der Waals surface area contributed by atoms with E-state index in [0.29, 0.717) is 18.1 Å². The van der Waals surface area contributed by atoms with Gasteiger partial charge in [-0.05, 0) is 18.6 Å². The summed E-state index contributed by atoms with van der Waals surface area (Å²) < 4.78 is 0. The van der Waals surface area contributed by atoms with E-state index < -0.39 is 0 Å². The predicted octanol–water partition coefficient (Wildman–Crippen LogP) is 0.497. The van der Waals surface area contributed by atoms with E-state index in [-0.39, 0.29) is 6.04 Å². The molecule has 0 aliphatic heterocycles. The van der Waals surface area contributed by atoms with Crippen molar-refractivity contribution in [2.24, 2.45) is 5.73 Å². The third kappa shape index (κ3) is 2.68. The van der Waals surface area contributed by atoms with Gasteiger partial charge >= 0.3 is 0 Å². The van der Waals surface area contributed by atoms with Crippen LogP contribution in [0, 0.1) is 11.3 Å². The first-order chi connectivity index (χ1) is 6.80. The van der Waals surface area contributed by atoms with Crippen LogP contribution >= 0.6 is 0 Å². The van der Waals surface area contributed by atoms with Crippen LogP contribution in [0.5, 0.6) is 0 Å². The van der Waals surface area contributed by atoms with Crippen molar-refractivity contribution in [3.05, 3.63) is 17.8 Å². The fourth-order valence-corrected chi connectivity index (χ4v) is 1.01. The number of nitrogens with zero attached hydrogens (tertiary/aromatic N) is 3. The summed E-state index contributed by atoms with van der Waals surface area (Å²) in [5.74, 6) is 0.654. The molecule has 5 nitrogen and oxygen atoms in total. The van der Waals surface area contributed by atoms with Gasteiger partial charge in [-0.3, -0.25) is 0 Å². The summed E-state index contributed by atoms with van der Waals surface area (Å²) >= 11 is 0. The van der Waals surface area contributed by atoms with Gasteiger partial charge in [0.25, 0.3) is 0 Å².